The minimum Gasteiger partial charge on any atom is -0.359 e. The first-order chi connectivity index (χ1) is 17.6. The van der Waals surface area contributed by atoms with Crippen LogP contribution in [0.3, 0.4) is 0 Å². The molecule has 0 radical (unpaired) electrons. The number of fused-ring (bicyclic) bond motifs is 1. The van der Waals surface area contributed by atoms with Crippen LogP contribution in [0, 0.1) is 23.7 Å². The number of amides is 3. The fraction of sp³-hybridized carbons (Fsp3) is 0.607. The SMILES string of the molecule is CCC(C)N1C(=O)[C@@H]2C(C(=O)Nc3cc(Cl)cc(Cl)c3)[C@@H]3C=CC2(O3)C1C(=O)NC1CCCC(C)C1C. The molecule has 37 heavy (non-hydrogen) atoms. The molecule has 9 atom stereocenters. The van der Waals surface area contributed by atoms with Crippen molar-refractivity contribution in [2.75, 3.05) is 5.32 Å². The maximum atomic E-state index is 14.0. The number of rotatable bonds is 6. The third-order valence-corrected chi connectivity index (χ3v) is 9.53. The zero-order chi connectivity index (χ0) is 26.6. The number of carbonyl (C=O) groups excluding carboxylic acids is 3. The largest absolute Gasteiger partial charge is 0.359 e. The van der Waals surface area contributed by atoms with Crippen LogP contribution in [0.25, 0.3) is 0 Å². The lowest BCUT2D eigenvalue weighted by atomic mass is 9.73. The molecule has 2 N–H and O–H groups in total. The second kappa shape index (κ2) is 9.90. The fourth-order valence-corrected chi connectivity index (χ4v) is 7.30. The van der Waals surface area contributed by atoms with Crippen molar-refractivity contribution in [1.82, 2.24) is 10.2 Å². The minimum absolute atomic E-state index is 0.0508. The van der Waals surface area contributed by atoms with E-state index >= 15 is 0 Å². The van der Waals surface area contributed by atoms with Gasteiger partial charge in [-0.15, -0.1) is 0 Å². The number of ether oxygens (including phenoxy) is 1. The molecule has 1 aromatic carbocycles. The maximum Gasteiger partial charge on any atom is 0.246 e. The van der Waals surface area contributed by atoms with Crippen LogP contribution in [0.5, 0.6) is 0 Å². The number of hydrogen-bond donors (Lipinski definition) is 2. The predicted octanol–water partition coefficient (Wildman–Crippen LogP) is 4.82. The molecular weight excluding hydrogens is 513 g/mol. The van der Waals surface area contributed by atoms with E-state index in [0.29, 0.717) is 34.0 Å². The van der Waals surface area contributed by atoms with Gasteiger partial charge in [0, 0.05) is 27.8 Å². The van der Waals surface area contributed by atoms with Gasteiger partial charge in [0.15, 0.2) is 0 Å². The van der Waals surface area contributed by atoms with Gasteiger partial charge in [-0.3, -0.25) is 14.4 Å². The Balaban J connectivity index is 1.45. The van der Waals surface area contributed by atoms with Gasteiger partial charge >= 0.3 is 0 Å². The van der Waals surface area contributed by atoms with Gasteiger partial charge in [0.2, 0.25) is 17.7 Å². The Kier molecular flexibility index (Phi) is 7.09. The molecule has 3 heterocycles. The average molecular weight is 549 g/mol. The Morgan fingerprint density at radius 3 is 2.54 bits per heavy atom. The summed E-state index contributed by atoms with van der Waals surface area (Å²) >= 11 is 12.2. The third-order valence-electron chi connectivity index (χ3n) is 9.09. The lowest BCUT2D eigenvalue weighted by Gasteiger charge is -2.39. The van der Waals surface area contributed by atoms with Crippen LogP contribution in [0.4, 0.5) is 5.69 Å². The average Bonchev–Trinajstić information content (AvgIpc) is 3.48. The highest BCUT2D eigenvalue weighted by Gasteiger charge is 2.73. The van der Waals surface area contributed by atoms with E-state index in [-0.39, 0.29) is 29.8 Å². The lowest BCUT2D eigenvalue weighted by Crippen LogP contribution is -2.59. The number of anilines is 1. The first-order valence-corrected chi connectivity index (χ1v) is 14.1. The van der Waals surface area contributed by atoms with Crippen molar-refractivity contribution in [2.45, 2.75) is 83.2 Å². The molecule has 200 valence electrons. The van der Waals surface area contributed by atoms with Crippen molar-refractivity contribution in [1.29, 1.82) is 0 Å². The van der Waals surface area contributed by atoms with Gasteiger partial charge in [-0.2, -0.15) is 0 Å². The molecule has 3 aliphatic heterocycles. The van der Waals surface area contributed by atoms with E-state index in [1.54, 1.807) is 23.1 Å². The summed E-state index contributed by atoms with van der Waals surface area (Å²) in [7, 11) is 0. The molecule has 7 nitrogen and oxygen atoms in total. The monoisotopic (exact) mass is 547 g/mol. The van der Waals surface area contributed by atoms with Gasteiger partial charge < -0.3 is 20.3 Å². The van der Waals surface area contributed by atoms with Gasteiger partial charge in [0.1, 0.15) is 11.6 Å². The number of nitrogens with one attached hydrogen (secondary N) is 2. The Hall–Kier alpha value is -2.09. The number of likely N-dealkylation sites (tertiary alicyclic amines) is 1. The molecule has 0 aromatic heterocycles. The molecule has 1 aliphatic carbocycles. The smallest absolute Gasteiger partial charge is 0.246 e. The van der Waals surface area contributed by atoms with Crippen molar-refractivity contribution in [3.8, 4) is 0 Å². The van der Waals surface area contributed by atoms with E-state index in [1.165, 1.54) is 0 Å². The highest BCUT2D eigenvalue weighted by Crippen LogP contribution is 2.56. The van der Waals surface area contributed by atoms with Crippen LogP contribution in [-0.4, -0.2) is 52.5 Å². The Morgan fingerprint density at radius 2 is 1.86 bits per heavy atom. The summed E-state index contributed by atoms with van der Waals surface area (Å²) in [5.74, 6) is -1.46. The zero-order valence-corrected chi connectivity index (χ0v) is 23.2. The Morgan fingerprint density at radius 1 is 1.16 bits per heavy atom. The lowest BCUT2D eigenvalue weighted by molar-refractivity contribution is -0.144. The molecule has 1 saturated carbocycles. The first-order valence-electron chi connectivity index (χ1n) is 13.3. The minimum atomic E-state index is -1.17. The Labute approximate surface area is 228 Å². The second-order valence-corrected chi connectivity index (χ2v) is 12.1. The molecule has 5 rings (SSSR count). The highest BCUT2D eigenvalue weighted by molar-refractivity contribution is 6.35. The van der Waals surface area contributed by atoms with Crippen molar-refractivity contribution in [3.63, 3.8) is 0 Å². The maximum absolute atomic E-state index is 14.0. The van der Waals surface area contributed by atoms with E-state index in [9.17, 15) is 14.4 Å². The topological polar surface area (TPSA) is 87.7 Å². The summed E-state index contributed by atoms with van der Waals surface area (Å²) in [6, 6.07) is 3.83. The summed E-state index contributed by atoms with van der Waals surface area (Å²) < 4.78 is 6.42. The molecule has 7 unspecified atom stereocenters. The third kappa shape index (κ3) is 4.37. The van der Waals surface area contributed by atoms with Crippen LogP contribution in [0.15, 0.2) is 30.4 Å². The van der Waals surface area contributed by atoms with Crippen LogP contribution >= 0.6 is 23.2 Å². The zero-order valence-electron chi connectivity index (χ0n) is 21.7. The van der Waals surface area contributed by atoms with Gasteiger partial charge in [-0.25, -0.2) is 0 Å². The van der Waals surface area contributed by atoms with E-state index in [0.717, 1.165) is 19.3 Å². The van der Waals surface area contributed by atoms with Crippen LogP contribution in [-0.2, 0) is 19.1 Å². The highest BCUT2D eigenvalue weighted by atomic mass is 35.5. The molecule has 4 aliphatic rings. The van der Waals surface area contributed by atoms with Gasteiger partial charge in [-0.05, 0) is 49.8 Å². The van der Waals surface area contributed by atoms with Crippen molar-refractivity contribution in [3.05, 3.63) is 40.4 Å². The van der Waals surface area contributed by atoms with Crippen molar-refractivity contribution >= 4 is 46.6 Å². The van der Waals surface area contributed by atoms with Crippen molar-refractivity contribution in [2.24, 2.45) is 23.7 Å². The number of carbonyl (C=O) groups is 3. The standard InChI is InChI=1S/C28H35Cl2N3O4/c1-5-15(3)33-24(26(35)32-20-8-6-7-14(2)16(20)4)28-10-9-21(37-28)22(23(28)27(33)36)25(34)31-19-12-17(29)11-18(30)13-19/h9-16,20-24H,5-8H2,1-4H3,(H,31,34)(H,32,35)/t14?,15?,16?,20?,21-,22?,23-,24?,28?/m0/s1. The molecule has 1 spiro atoms. The summed E-state index contributed by atoms with van der Waals surface area (Å²) in [5, 5.41) is 6.94. The van der Waals surface area contributed by atoms with Crippen molar-refractivity contribution < 1.29 is 19.1 Å². The van der Waals surface area contributed by atoms with E-state index < -0.39 is 29.6 Å². The molecular formula is C28H35Cl2N3O4. The molecule has 3 fully saturated rings. The van der Waals surface area contributed by atoms with E-state index in [1.807, 2.05) is 26.0 Å². The van der Waals surface area contributed by atoms with E-state index in [4.69, 9.17) is 27.9 Å². The molecule has 1 aromatic rings. The van der Waals surface area contributed by atoms with Gasteiger partial charge in [0.25, 0.3) is 0 Å². The number of hydrogen-bond acceptors (Lipinski definition) is 4. The van der Waals surface area contributed by atoms with Gasteiger partial charge in [-0.1, -0.05) is 69.0 Å². The second-order valence-electron chi connectivity index (χ2n) is 11.2. The van der Waals surface area contributed by atoms with E-state index in [2.05, 4.69) is 24.5 Å². The quantitative estimate of drug-likeness (QED) is 0.499. The number of benzene rings is 1. The number of halogens is 2. The summed E-state index contributed by atoms with van der Waals surface area (Å²) in [6.07, 6.45) is 6.90. The van der Waals surface area contributed by atoms with Crippen LogP contribution in [0.1, 0.15) is 53.4 Å². The summed E-state index contributed by atoms with van der Waals surface area (Å²) in [4.78, 5) is 43.2. The fourth-order valence-electron chi connectivity index (χ4n) is 6.78. The molecule has 2 bridgehead atoms. The first kappa shape index (κ1) is 26.5. The normalized spacial score (nSPS) is 37.0. The molecule has 3 amide bonds. The predicted molar refractivity (Wildman–Crippen MR) is 143 cm³/mol. The molecule has 2 saturated heterocycles. The van der Waals surface area contributed by atoms with Crippen LogP contribution < -0.4 is 10.6 Å². The molecule has 9 heteroatoms. The summed E-state index contributed by atoms with van der Waals surface area (Å²) in [6.45, 7) is 8.34. The van der Waals surface area contributed by atoms with Gasteiger partial charge in [0.05, 0.1) is 17.9 Å². The van der Waals surface area contributed by atoms with Crippen LogP contribution in [0.2, 0.25) is 10.0 Å². The Bertz CT molecular complexity index is 1120. The number of nitrogens with zero attached hydrogens (tertiary/aromatic N) is 1. The summed E-state index contributed by atoms with van der Waals surface area (Å²) in [5.41, 5.74) is -0.727.